The first-order valence-electron chi connectivity index (χ1n) is 15.1. The first-order valence-corrected chi connectivity index (χ1v) is 17.4. The molecule has 3 aliphatic carbocycles. The summed E-state index contributed by atoms with van der Waals surface area (Å²) in [4.78, 5) is 8.48. The molecule has 0 spiro atoms. The molecular formula is C33H32BrF6N3O2S. The molecule has 2 fully saturated rings. The Bertz CT molecular complexity index is 1720. The van der Waals surface area contributed by atoms with Gasteiger partial charge in [-0.15, -0.1) is 0 Å². The summed E-state index contributed by atoms with van der Waals surface area (Å²) in [5, 5.41) is 3.62. The zero-order valence-corrected chi connectivity index (χ0v) is 27.3. The highest BCUT2D eigenvalue weighted by Crippen LogP contribution is 2.46. The van der Waals surface area contributed by atoms with E-state index in [2.05, 4.69) is 50.5 Å². The topological polar surface area (TPSA) is 70.9 Å². The fraction of sp³-hybridized carbons (Fsp3) is 0.455. The lowest BCUT2D eigenvalue weighted by atomic mass is 9.78. The lowest BCUT2D eigenvalue weighted by Crippen LogP contribution is -2.41. The minimum atomic E-state index is -5.15. The molecular weight excluding hydrogens is 696 g/mol. The van der Waals surface area contributed by atoms with E-state index in [9.17, 15) is 34.8 Å². The first kappa shape index (κ1) is 33.0. The van der Waals surface area contributed by atoms with E-state index < -0.39 is 43.0 Å². The van der Waals surface area contributed by atoms with Crippen LogP contribution in [0, 0.1) is 17.8 Å². The van der Waals surface area contributed by atoms with Crippen molar-refractivity contribution in [1.29, 1.82) is 0 Å². The molecule has 1 N–H and O–H groups in total. The molecule has 0 radical (unpaired) electrons. The third kappa shape index (κ3) is 6.58. The van der Waals surface area contributed by atoms with Gasteiger partial charge in [0.05, 0.1) is 30.9 Å². The Balaban J connectivity index is 1.25. The van der Waals surface area contributed by atoms with Gasteiger partial charge in [-0.3, -0.25) is 9.98 Å². The van der Waals surface area contributed by atoms with Gasteiger partial charge in [0.15, 0.2) is 9.84 Å². The van der Waals surface area contributed by atoms with Crippen molar-refractivity contribution >= 4 is 37.7 Å². The SMILES string of the molecule is CC1(S(=O)(=O)c2cc(C(F)(F)F)cc(C(F)(F)F)c2)CCC(C2=NC3=C(Br)C=NCCC3C(NCC3=CC4CC4=CC=C3)=C2)CC1. The molecule has 1 aromatic rings. The lowest BCUT2D eigenvalue weighted by Gasteiger charge is -2.38. The summed E-state index contributed by atoms with van der Waals surface area (Å²) in [5.41, 5.74) is 1.86. The van der Waals surface area contributed by atoms with E-state index in [1.807, 2.05) is 6.08 Å². The molecule has 2 atom stereocenters. The number of dihydropyridines is 1. The van der Waals surface area contributed by atoms with E-state index in [-0.39, 0.29) is 30.7 Å². The number of fused-ring (bicyclic) bond motifs is 2. The van der Waals surface area contributed by atoms with Crippen LogP contribution in [0.5, 0.6) is 0 Å². The summed E-state index contributed by atoms with van der Waals surface area (Å²) < 4.78 is 108. The van der Waals surface area contributed by atoms with Gasteiger partial charge in [-0.25, -0.2) is 8.42 Å². The molecule has 5 nitrogen and oxygen atoms in total. The monoisotopic (exact) mass is 727 g/mol. The van der Waals surface area contributed by atoms with Gasteiger partial charge in [-0.1, -0.05) is 29.9 Å². The Morgan fingerprint density at radius 3 is 2.35 bits per heavy atom. The van der Waals surface area contributed by atoms with Crippen LogP contribution in [0.25, 0.3) is 0 Å². The lowest BCUT2D eigenvalue weighted by molar-refractivity contribution is -0.143. The molecule has 5 aliphatic rings. The molecule has 0 bridgehead atoms. The van der Waals surface area contributed by atoms with Crippen LogP contribution in [-0.2, 0) is 22.2 Å². The first-order chi connectivity index (χ1) is 21.5. The maximum Gasteiger partial charge on any atom is 0.416 e. The van der Waals surface area contributed by atoms with E-state index in [1.165, 1.54) is 18.1 Å². The molecule has 0 saturated heterocycles. The second-order valence-electron chi connectivity index (χ2n) is 12.7. The standard InChI is InChI=1S/C33H32BrF6N3O2S/c1-31(46(44,45)25-14-23(32(35,36)37)13-24(15-25)33(38,39)40)8-5-20(6-9-31)28-16-29(26-7-10-41-18-27(34)30(26)43-28)42-17-19-3-2-4-21-12-22(21)11-19/h2-4,11,13-16,18,20,22,26,42H,5-10,12,17H2,1H3. The second kappa shape index (κ2) is 11.9. The molecule has 6 rings (SSSR count). The van der Waals surface area contributed by atoms with Crippen molar-refractivity contribution in [2.45, 2.75) is 67.4 Å². The van der Waals surface area contributed by atoms with E-state index >= 15 is 0 Å². The molecule has 13 heteroatoms. The van der Waals surface area contributed by atoms with Crippen molar-refractivity contribution in [2.75, 3.05) is 13.1 Å². The largest absolute Gasteiger partial charge is 0.416 e. The number of alkyl halides is 6. The summed E-state index contributed by atoms with van der Waals surface area (Å²) in [7, 11) is -4.57. The Kier molecular flexibility index (Phi) is 8.57. The van der Waals surface area contributed by atoms with Crippen LogP contribution in [0.3, 0.4) is 0 Å². The van der Waals surface area contributed by atoms with Gasteiger partial charge in [-0.05, 0) is 91.2 Å². The maximum atomic E-state index is 13.7. The van der Waals surface area contributed by atoms with Crippen LogP contribution in [0.15, 0.2) is 90.5 Å². The molecule has 1 aromatic carbocycles. The Hall–Kier alpha value is -2.93. The van der Waals surface area contributed by atoms with Gasteiger partial charge in [0.2, 0.25) is 0 Å². The Labute approximate surface area is 272 Å². The minimum absolute atomic E-state index is 0.0245. The number of sulfone groups is 1. The average Bonchev–Trinajstić information content (AvgIpc) is 3.78. The van der Waals surface area contributed by atoms with Crippen LogP contribution < -0.4 is 5.32 Å². The minimum Gasteiger partial charge on any atom is -0.384 e. The molecule has 0 amide bonds. The number of halogens is 7. The number of nitrogens with zero attached hydrogens (tertiary/aromatic N) is 2. The van der Waals surface area contributed by atoms with Gasteiger partial charge < -0.3 is 5.32 Å². The van der Waals surface area contributed by atoms with E-state index in [0.29, 0.717) is 44.0 Å². The second-order valence-corrected chi connectivity index (χ2v) is 16.0. The summed E-state index contributed by atoms with van der Waals surface area (Å²) in [6, 6.07) is 0.563. The van der Waals surface area contributed by atoms with E-state index in [1.54, 1.807) is 6.21 Å². The Morgan fingerprint density at radius 2 is 1.70 bits per heavy atom. The number of allylic oxidation sites excluding steroid dienone is 6. The van der Waals surface area contributed by atoms with Crippen molar-refractivity contribution in [3.05, 3.63) is 86.7 Å². The number of aliphatic imine (C=N–C) groups is 2. The summed E-state index contributed by atoms with van der Waals surface area (Å²) >= 11 is 3.62. The van der Waals surface area contributed by atoms with E-state index in [0.717, 1.165) is 34.4 Å². The zero-order valence-electron chi connectivity index (χ0n) is 24.8. The number of hydrogen-bond donors (Lipinski definition) is 1. The third-order valence-electron chi connectivity index (χ3n) is 9.54. The fourth-order valence-corrected chi connectivity index (χ4v) is 9.03. The van der Waals surface area contributed by atoms with Gasteiger partial charge in [0, 0.05) is 48.5 Å². The van der Waals surface area contributed by atoms with Crippen LogP contribution in [0.4, 0.5) is 26.3 Å². The highest BCUT2D eigenvalue weighted by atomic mass is 79.9. The molecule has 46 heavy (non-hydrogen) atoms. The van der Waals surface area contributed by atoms with Crippen LogP contribution in [-0.4, -0.2) is 38.2 Å². The molecule has 0 aromatic heterocycles. The summed E-state index contributed by atoms with van der Waals surface area (Å²) in [6.45, 7) is 2.65. The van der Waals surface area contributed by atoms with Crippen LogP contribution in [0.1, 0.15) is 56.6 Å². The Morgan fingerprint density at radius 1 is 1.02 bits per heavy atom. The van der Waals surface area contributed by atoms with Crippen LogP contribution in [0.2, 0.25) is 0 Å². The van der Waals surface area contributed by atoms with Gasteiger partial charge in [-0.2, -0.15) is 26.3 Å². The van der Waals surface area contributed by atoms with Crippen molar-refractivity contribution in [3.63, 3.8) is 0 Å². The predicted octanol–water partition coefficient (Wildman–Crippen LogP) is 8.51. The summed E-state index contributed by atoms with van der Waals surface area (Å²) in [6.07, 6.45) is 4.67. The van der Waals surface area contributed by atoms with Crippen LogP contribution >= 0.6 is 15.9 Å². The molecule has 2 heterocycles. The number of rotatable bonds is 6. The fourth-order valence-electron chi connectivity index (χ4n) is 6.61. The number of nitrogens with one attached hydrogen (secondary N) is 1. The summed E-state index contributed by atoms with van der Waals surface area (Å²) in [5.74, 6) is 0.309. The van der Waals surface area contributed by atoms with Crippen molar-refractivity contribution < 1.29 is 34.8 Å². The van der Waals surface area contributed by atoms with E-state index in [4.69, 9.17) is 4.99 Å². The number of benzene rings is 1. The average molecular weight is 729 g/mol. The zero-order chi connectivity index (χ0) is 33.1. The molecule has 246 valence electrons. The predicted molar refractivity (Wildman–Crippen MR) is 168 cm³/mol. The van der Waals surface area contributed by atoms with Gasteiger partial charge in [0.1, 0.15) is 0 Å². The molecule has 2 aliphatic heterocycles. The molecule has 2 unspecified atom stereocenters. The quantitative estimate of drug-likeness (QED) is 0.299. The maximum absolute atomic E-state index is 13.7. The van der Waals surface area contributed by atoms with Gasteiger partial charge >= 0.3 is 12.4 Å². The highest BCUT2D eigenvalue weighted by Gasteiger charge is 2.46. The van der Waals surface area contributed by atoms with Gasteiger partial charge in [0.25, 0.3) is 0 Å². The third-order valence-corrected chi connectivity index (χ3v) is 12.7. The normalized spacial score (nSPS) is 28.2. The smallest absolute Gasteiger partial charge is 0.384 e. The highest BCUT2D eigenvalue weighted by molar-refractivity contribution is 9.12. The molecule has 2 saturated carbocycles. The van der Waals surface area contributed by atoms with Crippen molar-refractivity contribution in [3.8, 4) is 0 Å². The van der Waals surface area contributed by atoms with Crippen molar-refractivity contribution in [2.24, 2.45) is 27.7 Å². The van der Waals surface area contributed by atoms with Crippen molar-refractivity contribution in [1.82, 2.24) is 5.32 Å². The number of hydrogen-bond acceptors (Lipinski definition) is 5.